The van der Waals surface area contributed by atoms with Crippen molar-refractivity contribution in [1.29, 1.82) is 0 Å². The minimum Gasteiger partial charge on any atom is -0.496 e. The Morgan fingerprint density at radius 2 is 2.08 bits per heavy atom. The van der Waals surface area contributed by atoms with E-state index in [-0.39, 0.29) is 36.4 Å². The number of carbonyl (C=O) groups excluding carboxylic acids is 1. The zero-order valence-electron chi connectivity index (χ0n) is 20.8. The normalized spacial score (nSPS) is 17.9. The molecule has 0 N–H and O–H groups in total. The Kier molecular flexibility index (Phi) is 6.50. The van der Waals surface area contributed by atoms with Crippen LogP contribution in [-0.2, 0) is 23.9 Å². The summed E-state index contributed by atoms with van der Waals surface area (Å²) in [5.74, 6) is 1.57. The maximum Gasteiger partial charge on any atom is 0.435 e. The first-order valence-electron chi connectivity index (χ1n) is 12.1. The number of amides is 1. The molecule has 1 atom stereocenters. The summed E-state index contributed by atoms with van der Waals surface area (Å²) in [4.78, 5) is 21.1. The highest BCUT2D eigenvalue weighted by Crippen LogP contribution is 2.38. The molecule has 1 fully saturated rings. The summed E-state index contributed by atoms with van der Waals surface area (Å²) in [5.41, 5.74) is 0.783. The fourth-order valence-electron chi connectivity index (χ4n) is 4.97. The summed E-state index contributed by atoms with van der Waals surface area (Å²) >= 11 is 0. The summed E-state index contributed by atoms with van der Waals surface area (Å²) < 4.78 is 58.2. The van der Waals surface area contributed by atoms with Crippen molar-refractivity contribution in [2.45, 2.75) is 45.5 Å². The second kappa shape index (κ2) is 9.64. The van der Waals surface area contributed by atoms with E-state index in [1.165, 1.54) is 0 Å². The SMILES string of the molecule is COc1cc(N2CCN(C(=O)Cn3nc(C(F)(F)F)c4c3OCCC4)C[C@@H]2C)ccc1-c1cnc(C)o1. The lowest BCUT2D eigenvalue weighted by molar-refractivity contribution is -0.142. The van der Waals surface area contributed by atoms with Crippen LogP contribution in [0.15, 0.2) is 28.8 Å². The van der Waals surface area contributed by atoms with Gasteiger partial charge in [-0.1, -0.05) is 0 Å². The first-order valence-corrected chi connectivity index (χ1v) is 12.1. The van der Waals surface area contributed by atoms with E-state index in [0.29, 0.717) is 50.1 Å². The van der Waals surface area contributed by atoms with Crippen LogP contribution in [0.3, 0.4) is 0 Å². The number of methoxy groups -OCH3 is 1. The second-order valence-electron chi connectivity index (χ2n) is 9.25. The second-order valence-corrected chi connectivity index (χ2v) is 9.25. The Morgan fingerprint density at radius 1 is 1.27 bits per heavy atom. The van der Waals surface area contributed by atoms with Crippen LogP contribution in [0.5, 0.6) is 11.6 Å². The Morgan fingerprint density at radius 3 is 2.76 bits per heavy atom. The topological polar surface area (TPSA) is 85.9 Å². The average molecular weight is 520 g/mol. The summed E-state index contributed by atoms with van der Waals surface area (Å²) in [6.07, 6.45) is -2.23. The van der Waals surface area contributed by atoms with Crippen LogP contribution in [0.25, 0.3) is 11.3 Å². The van der Waals surface area contributed by atoms with Gasteiger partial charge in [-0.05, 0) is 31.9 Å². The fourth-order valence-corrected chi connectivity index (χ4v) is 4.97. The highest BCUT2D eigenvalue weighted by Gasteiger charge is 2.41. The summed E-state index contributed by atoms with van der Waals surface area (Å²) in [6, 6.07) is 5.77. The minimum absolute atomic E-state index is 0.0302. The first kappa shape index (κ1) is 25.0. The van der Waals surface area contributed by atoms with Gasteiger partial charge in [0.05, 0.1) is 25.5 Å². The van der Waals surface area contributed by atoms with Gasteiger partial charge in [-0.25, -0.2) is 9.67 Å². The van der Waals surface area contributed by atoms with Crippen molar-refractivity contribution in [1.82, 2.24) is 19.7 Å². The van der Waals surface area contributed by atoms with Crippen molar-refractivity contribution < 1.29 is 31.9 Å². The van der Waals surface area contributed by atoms with Crippen molar-refractivity contribution in [2.24, 2.45) is 0 Å². The Labute approximate surface area is 211 Å². The molecule has 9 nitrogen and oxygen atoms in total. The van der Waals surface area contributed by atoms with Gasteiger partial charge < -0.3 is 23.7 Å². The van der Waals surface area contributed by atoms with E-state index in [1.54, 1.807) is 25.1 Å². The largest absolute Gasteiger partial charge is 0.496 e. The number of rotatable bonds is 5. The molecule has 0 radical (unpaired) electrons. The number of benzene rings is 1. The van der Waals surface area contributed by atoms with Crippen molar-refractivity contribution in [3.63, 3.8) is 0 Å². The first-order chi connectivity index (χ1) is 17.7. The molecule has 1 saturated heterocycles. The molecular formula is C25H28F3N5O4. The zero-order chi connectivity index (χ0) is 26.3. The number of alkyl halides is 3. The Hall–Kier alpha value is -3.70. The predicted octanol–water partition coefficient (Wildman–Crippen LogP) is 3.94. The van der Waals surface area contributed by atoms with Gasteiger partial charge in [0, 0.05) is 49.9 Å². The van der Waals surface area contributed by atoms with Gasteiger partial charge in [0.2, 0.25) is 11.8 Å². The number of anilines is 1. The van der Waals surface area contributed by atoms with Crippen LogP contribution in [0.2, 0.25) is 0 Å². The van der Waals surface area contributed by atoms with Crippen LogP contribution in [0, 0.1) is 6.92 Å². The maximum absolute atomic E-state index is 13.5. The van der Waals surface area contributed by atoms with Crippen molar-refractivity contribution >= 4 is 11.6 Å². The summed E-state index contributed by atoms with van der Waals surface area (Å²) in [6.45, 7) is 5.17. The highest BCUT2D eigenvalue weighted by molar-refractivity contribution is 5.77. The van der Waals surface area contributed by atoms with Crippen molar-refractivity contribution in [2.75, 3.05) is 38.3 Å². The highest BCUT2D eigenvalue weighted by atomic mass is 19.4. The van der Waals surface area contributed by atoms with E-state index in [9.17, 15) is 18.0 Å². The fraction of sp³-hybridized carbons (Fsp3) is 0.480. The van der Waals surface area contributed by atoms with Crippen LogP contribution >= 0.6 is 0 Å². The summed E-state index contributed by atoms with van der Waals surface area (Å²) in [5, 5.41) is 3.72. The Balaban J connectivity index is 1.29. The smallest absolute Gasteiger partial charge is 0.435 e. The molecule has 3 aromatic rings. The molecule has 37 heavy (non-hydrogen) atoms. The number of oxazole rings is 1. The number of carbonyl (C=O) groups is 1. The molecular weight excluding hydrogens is 491 g/mol. The molecule has 0 unspecified atom stereocenters. The van der Waals surface area contributed by atoms with Gasteiger partial charge in [-0.2, -0.15) is 18.3 Å². The van der Waals surface area contributed by atoms with Gasteiger partial charge in [-0.3, -0.25) is 4.79 Å². The number of aryl methyl sites for hydroxylation is 1. The lowest BCUT2D eigenvalue weighted by atomic mass is 10.1. The van der Waals surface area contributed by atoms with E-state index in [4.69, 9.17) is 13.9 Å². The standard InChI is InChI=1S/C25H28F3N5O4/c1-15-13-31(22(34)14-33-24-19(5-4-10-36-24)23(30-33)25(26,27)28)8-9-32(15)17-6-7-18(20(11-17)35-3)21-12-29-16(2)37-21/h6-7,11-12,15H,4-5,8-10,13-14H2,1-3H3/t15-/m0/s1. The number of hydrogen-bond acceptors (Lipinski definition) is 7. The maximum atomic E-state index is 13.5. The lowest BCUT2D eigenvalue weighted by Gasteiger charge is -2.41. The number of hydrogen-bond donors (Lipinski definition) is 0. The molecule has 5 rings (SSSR count). The molecule has 198 valence electrons. The van der Waals surface area contributed by atoms with E-state index in [2.05, 4.69) is 15.0 Å². The average Bonchev–Trinajstić information content (AvgIpc) is 3.47. The quantitative estimate of drug-likeness (QED) is 0.505. The van der Waals surface area contributed by atoms with Crippen molar-refractivity contribution in [3.05, 3.63) is 41.5 Å². The minimum atomic E-state index is -4.60. The molecule has 12 heteroatoms. The third-order valence-electron chi connectivity index (χ3n) is 6.75. The molecule has 1 amide bonds. The van der Waals surface area contributed by atoms with Gasteiger partial charge in [0.25, 0.3) is 0 Å². The molecule has 4 heterocycles. The van der Waals surface area contributed by atoms with Crippen LogP contribution in [-0.4, -0.2) is 65.0 Å². The van der Waals surface area contributed by atoms with Crippen LogP contribution < -0.4 is 14.4 Å². The van der Waals surface area contributed by atoms with Crippen LogP contribution in [0.1, 0.15) is 30.5 Å². The van der Waals surface area contributed by atoms with E-state index < -0.39 is 11.9 Å². The molecule has 1 aromatic carbocycles. The molecule has 0 aliphatic carbocycles. The van der Waals surface area contributed by atoms with E-state index in [0.717, 1.165) is 15.9 Å². The van der Waals surface area contributed by atoms with Crippen molar-refractivity contribution in [3.8, 4) is 23.0 Å². The zero-order valence-corrected chi connectivity index (χ0v) is 20.8. The third-order valence-corrected chi connectivity index (χ3v) is 6.75. The van der Waals surface area contributed by atoms with Gasteiger partial charge in [-0.15, -0.1) is 0 Å². The number of fused-ring (bicyclic) bond motifs is 1. The van der Waals surface area contributed by atoms with Gasteiger partial charge in [0.15, 0.2) is 17.3 Å². The van der Waals surface area contributed by atoms with Gasteiger partial charge in [0.1, 0.15) is 12.3 Å². The molecule has 0 saturated carbocycles. The molecule has 2 aliphatic heterocycles. The monoisotopic (exact) mass is 519 g/mol. The number of piperazine rings is 1. The number of ether oxygens (including phenoxy) is 2. The number of nitrogens with zero attached hydrogens (tertiary/aromatic N) is 5. The Bertz CT molecular complexity index is 1300. The lowest BCUT2D eigenvalue weighted by Crippen LogP contribution is -2.54. The molecule has 2 aliphatic rings. The van der Waals surface area contributed by atoms with E-state index >= 15 is 0 Å². The molecule has 0 bridgehead atoms. The number of aromatic nitrogens is 3. The number of halogens is 3. The third kappa shape index (κ3) is 4.84. The predicted molar refractivity (Wildman–Crippen MR) is 128 cm³/mol. The summed E-state index contributed by atoms with van der Waals surface area (Å²) in [7, 11) is 1.59. The molecule has 2 aromatic heterocycles. The van der Waals surface area contributed by atoms with Crippen LogP contribution in [0.4, 0.5) is 18.9 Å². The molecule has 0 spiro atoms. The van der Waals surface area contributed by atoms with Gasteiger partial charge >= 0.3 is 6.18 Å². The van der Waals surface area contributed by atoms with E-state index in [1.807, 2.05) is 25.1 Å².